The molecular weight excluding hydrogens is 359 g/mol. The first kappa shape index (κ1) is 19.8. The molecule has 1 aliphatic heterocycles. The second-order valence-corrected chi connectivity index (χ2v) is 6.95. The molecular formula is C14H20Cl2N4O2S. The van der Waals surface area contributed by atoms with Crippen molar-refractivity contribution >= 4 is 40.7 Å². The molecule has 9 heteroatoms. The molecule has 0 unspecified atom stereocenters. The first-order valence-electron chi connectivity index (χ1n) is 6.96. The van der Waals surface area contributed by atoms with E-state index in [0.29, 0.717) is 5.69 Å². The maximum Gasteiger partial charge on any atom is 0.283 e. The summed E-state index contributed by atoms with van der Waals surface area (Å²) in [4.78, 5) is 0.225. The van der Waals surface area contributed by atoms with E-state index in [0.717, 1.165) is 30.0 Å². The normalized spacial score (nSPS) is 15.5. The van der Waals surface area contributed by atoms with Crippen molar-refractivity contribution in [3.8, 4) is 0 Å². The van der Waals surface area contributed by atoms with Crippen LogP contribution in [0, 0.1) is 0 Å². The summed E-state index contributed by atoms with van der Waals surface area (Å²) in [6.45, 7) is 1.75. The first-order chi connectivity index (χ1) is 10.1. The van der Waals surface area contributed by atoms with Crippen molar-refractivity contribution in [2.45, 2.75) is 23.7 Å². The van der Waals surface area contributed by atoms with Crippen LogP contribution in [-0.2, 0) is 10.0 Å². The lowest BCUT2D eigenvalue weighted by Crippen LogP contribution is -2.29. The van der Waals surface area contributed by atoms with Gasteiger partial charge in [-0.3, -0.25) is 0 Å². The van der Waals surface area contributed by atoms with Crippen molar-refractivity contribution in [2.24, 2.45) is 0 Å². The zero-order chi connectivity index (χ0) is 14.9. The summed E-state index contributed by atoms with van der Waals surface area (Å²) in [5, 5.41) is 7.29. The average Bonchev–Trinajstić information content (AvgIpc) is 2.92. The van der Waals surface area contributed by atoms with Crippen molar-refractivity contribution in [1.29, 1.82) is 0 Å². The van der Waals surface area contributed by atoms with Gasteiger partial charge in [0, 0.05) is 12.0 Å². The van der Waals surface area contributed by atoms with E-state index in [1.807, 2.05) is 0 Å². The highest BCUT2D eigenvalue weighted by Crippen LogP contribution is 2.29. The highest BCUT2D eigenvalue weighted by atomic mass is 35.5. The van der Waals surface area contributed by atoms with Crippen LogP contribution in [0.4, 0.5) is 5.82 Å². The highest BCUT2D eigenvalue weighted by Gasteiger charge is 2.27. The highest BCUT2D eigenvalue weighted by molar-refractivity contribution is 7.89. The van der Waals surface area contributed by atoms with Crippen LogP contribution < -0.4 is 11.1 Å². The van der Waals surface area contributed by atoms with Gasteiger partial charge >= 0.3 is 0 Å². The van der Waals surface area contributed by atoms with Crippen LogP contribution in [0.5, 0.6) is 0 Å². The fourth-order valence-electron chi connectivity index (χ4n) is 2.67. The Morgan fingerprint density at radius 1 is 1.13 bits per heavy atom. The molecule has 2 heterocycles. The lowest BCUT2D eigenvalue weighted by Gasteiger charge is -2.23. The number of benzene rings is 1. The molecule has 1 aromatic carbocycles. The molecule has 1 aliphatic rings. The Bertz CT molecular complexity index is 728. The van der Waals surface area contributed by atoms with E-state index in [4.69, 9.17) is 5.73 Å². The molecule has 23 heavy (non-hydrogen) atoms. The lowest BCUT2D eigenvalue weighted by atomic mass is 9.95. The van der Waals surface area contributed by atoms with Crippen molar-refractivity contribution in [3.05, 3.63) is 42.1 Å². The number of halogens is 2. The summed E-state index contributed by atoms with van der Waals surface area (Å²) < 4.78 is 26.6. The van der Waals surface area contributed by atoms with E-state index in [1.54, 1.807) is 36.4 Å². The predicted molar refractivity (Wildman–Crippen MR) is 95.0 cm³/mol. The van der Waals surface area contributed by atoms with Crippen molar-refractivity contribution in [2.75, 3.05) is 18.8 Å². The summed E-state index contributed by atoms with van der Waals surface area (Å²) in [6.07, 6.45) is 1.77. The first-order valence-corrected chi connectivity index (χ1v) is 8.40. The third-order valence-electron chi connectivity index (χ3n) is 3.75. The van der Waals surface area contributed by atoms with Crippen LogP contribution in [0.3, 0.4) is 0 Å². The lowest BCUT2D eigenvalue weighted by molar-refractivity contribution is 0.447. The van der Waals surface area contributed by atoms with Gasteiger partial charge in [-0.05, 0) is 38.1 Å². The minimum absolute atomic E-state index is 0. The van der Waals surface area contributed by atoms with Gasteiger partial charge < -0.3 is 11.1 Å². The molecule has 128 valence electrons. The summed E-state index contributed by atoms with van der Waals surface area (Å²) in [6, 6.07) is 9.99. The standard InChI is InChI=1S/C14H18N4O2S.2ClH/c15-14-10-13(11-6-8-16-9-7-11)18(17-14)21(19,20)12-4-2-1-3-5-12;;/h1-5,10-11,16H,6-9H2,(H2,15,17);2*1H. The number of nitrogens with two attached hydrogens (primary N) is 1. The molecule has 3 rings (SSSR count). The minimum atomic E-state index is -3.69. The summed E-state index contributed by atoms with van der Waals surface area (Å²) in [5.41, 5.74) is 6.43. The zero-order valence-electron chi connectivity index (χ0n) is 12.4. The van der Waals surface area contributed by atoms with Gasteiger partial charge in [0.25, 0.3) is 10.0 Å². The molecule has 1 aromatic heterocycles. The zero-order valence-corrected chi connectivity index (χ0v) is 14.8. The smallest absolute Gasteiger partial charge is 0.283 e. The van der Waals surface area contributed by atoms with E-state index >= 15 is 0 Å². The Balaban J connectivity index is 0.00000132. The van der Waals surface area contributed by atoms with Crippen LogP contribution in [0.2, 0.25) is 0 Å². The molecule has 0 spiro atoms. The number of hydrogen-bond acceptors (Lipinski definition) is 5. The molecule has 2 aromatic rings. The maximum absolute atomic E-state index is 12.7. The van der Waals surface area contributed by atoms with Gasteiger partial charge in [0.05, 0.1) is 10.6 Å². The van der Waals surface area contributed by atoms with Crippen molar-refractivity contribution in [3.63, 3.8) is 0 Å². The topological polar surface area (TPSA) is 90.0 Å². The molecule has 0 amide bonds. The molecule has 0 bridgehead atoms. The molecule has 3 N–H and O–H groups in total. The van der Waals surface area contributed by atoms with Crippen LogP contribution in [0.15, 0.2) is 41.3 Å². The molecule has 0 aliphatic carbocycles. The van der Waals surface area contributed by atoms with Crippen molar-refractivity contribution < 1.29 is 8.42 Å². The van der Waals surface area contributed by atoms with Gasteiger partial charge in [0.2, 0.25) is 0 Å². The van der Waals surface area contributed by atoms with E-state index in [9.17, 15) is 8.42 Å². The number of aromatic nitrogens is 2. The quantitative estimate of drug-likeness (QED) is 0.852. The van der Waals surface area contributed by atoms with Gasteiger partial charge in [0.1, 0.15) is 5.82 Å². The van der Waals surface area contributed by atoms with E-state index in [2.05, 4.69) is 10.4 Å². The Labute approximate surface area is 148 Å². The number of rotatable bonds is 3. The molecule has 6 nitrogen and oxygen atoms in total. The largest absolute Gasteiger partial charge is 0.382 e. The van der Waals surface area contributed by atoms with E-state index in [1.165, 1.54) is 0 Å². The third-order valence-corrected chi connectivity index (χ3v) is 5.36. The summed E-state index contributed by atoms with van der Waals surface area (Å²) in [5.74, 6) is 0.401. The van der Waals surface area contributed by atoms with E-state index < -0.39 is 10.0 Å². The molecule has 0 atom stereocenters. The van der Waals surface area contributed by atoms with Gasteiger partial charge in [-0.25, -0.2) is 0 Å². The number of nitrogen functional groups attached to an aromatic ring is 1. The Hall–Kier alpha value is -1.28. The number of hydrogen-bond donors (Lipinski definition) is 2. The van der Waals surface area contributed by atoms with Crippen LogP contribution >= 0.6 is 24.8 Å². The summed E-state index contributed by atoms with van der Waals surface area (Å²) >= 11 is 0. The van der Waals surface area contributed by atoms with Crippen LogP contribution in [0.25, 0.3) is 0 Å². The molecule has 0 saturated carbocycles. The third kappa shape index (κ3) is 3.98. The fourth-order valence-corrected chi connectivity index (χ4v) is 4.06. The SMILES string of the molecule is Cl.Cl.Nc1cc(C2CCNCC2)n(S(=O)(=O)c2ccccc2)n1. The Kier molecular flexibility index (Phi) is 6.88. The Morgan fingerprint density at radius 3 is 2.35 bits per heavy atom. The number of anilines is 1. The monoisotopic (exact) mass is 378 g/mol. The van der Waals surface area contributed by atoms with Gasteiger partial charge in [0.15, 0.2) is 0 Å². The van der Waals surface area contributed by atoms with Gasteiger partial charge in [-0.1, -0.05) is 18.2 Å². The fraction of sp³-hybridized carbons (Fsp3) is 0.357. The average molecular weight is 379 g/mol. The van der Waals surface area contributed by atoms with Gasteiger partial charge in [-0.2, -0.15) is 12.5 Å². The Morgan fingerprint density at radius 2 is 1.74 bits per heavy atom. The predicted octanol–water partition coefficient (Wildman–Crippen LogP) is 2.01. The van der Waals surface area contributed by atoms with Crippen LogP contribution in [0.1, 0.15) is 24.5 Å². The van der Waals surface area contributed by atoms with Crippen molar-refractivity contribution in [1.82, 2.24) is 14.5 Å². The van der Waals surface area contributed by atoms with Gasteiger partial charge in [-0.15, -0.1) is 29.9 Å². The molecule has 0 radical (unpaired) electrons. The second kappa shape index (κ2) is 8.01. The van der Waals surface area contributed by atoms with E-state index in [-0.39, 0.29) is 41.4 Å². The molecule has 1 saturated heterocycles. The number of nitrogens with zero attached hydrogens (tertiary/aromatic N) is 2. The number of nitrogens with one attached hydrogen (secondary N) is 1. The second-order valence-electron chi connectivity index (χ2n) is 5.18. The molecule has 1 fully saturated rings. The van der Waals surface area contributed by atoms with Crippen LogP contribution in [-0.4, -0.2) is 30.7 Å². The number of piperidine rings is 1. The summed E-state index contributed by atoms with van der Waals surface area (Å²) in [7, 11) is -3.69. The minimum Gasteiger partial charge on any atom is -0.382 e. The maximum atomic E-state index is 12.7.